The third kappa shape index (κ3) is 4.00. The average Bonchev–Trinajstić information content (AvgIpc) is 2.99. The van der Waals surface area contributed by atoms with Crippen LogP contribution in [0.4, 0.5) is 0 Å². The van der Waals surface area contributed by atoms with Crippen molar-refractivity contribution in [2.45, 2.75) is 30.9 Å². The number of aliphatic hydroxyl groups is 1. The number of nitrogens with zero attached hydrogens (tertiary/aromatic N) is 1. The number of hydrogen-bond acceptors (Lipinski definition) is 7. The Kier molecular flexibility index (Phi) is 6.26. The second-order valence-corrected chi connectivity index (χ2v) is 7.49. The number of nitrogens with one attached hydrogen (secondary N) is 1. The molecule has 0 saturated carbocycles. The summed E-state index contributed by atoms with van der Waals surface area (Å²) in [5.74, 6) is -0.795. The minimum atomic E-state index is -3.87. The summed E-state index contributed by atoms with van der Waals surface area (Å²) in [7, 11) is -2.71. The molecular weight excluding hydrogens is 316 g/mol. The minimum Gasteiger partial charge on any atom is -0.464 e. The molecular formula is C12H20N2O5S2. The van der Waals surface area contributed by atoms with Crippen LogP contribution in [0.3, 0.4) is 0 Å². The van der Waals surface area contributed by atoms with E-state index in [4.69, 9.17) is 0 Å². The zero-order chi connectivity index (χ0) is 16.1. The molecule has 0 aromatic carbocycles. The predicted octanol–water partition coefficient (Wildman–Crippen LogP) is 1.01. The first-order chi connectivity index (χ1) is 9.85. The third-order valence-electron chi connectivity index (χ3n) is 3.63. The predicted molar refractivity (Wildman–Crippen MR) is 78.7 cm³/mol. The van der Waals surface area contributed by atoms with E-state index in [0.29, 0.717) is 12.8 Å². The molecule has 0 amide bonds. The fourth-order valence-corrected chi connectivity index (χ4v) is 4.08. The quantitative estimate of drug-likeness (QED) is 0.686. The summed E-state index contributed by atoms with van der Waals surface area (Å²) in [6, 6.07) is 0. The van der Waals surface area contributed by atoms with E-state index in [9.17, 15) is 18.3 Å². The lowest BCUT2D eigenvalue weighted by atomic mass is 9.84. The Hall–Kier alpha value is -1.03. The van der Waals surface area contributed by atoms with Gasteiger partial charge >= 0.3 is 5.97 Å². The van der Waals surface area contributed by atoms with Gasteiger partial charge in [0.15, 0.2) is 9.90 Å². The van der Waals surface area contributed by atoms with Gasteiger partial charge in [0, 0.05) is 18.6 Å². The summed E-state index contributed by atoms with van der Waals surface area (Å²) in [5, 5.41) is 9.47. The lowest BCUT2D eigenvalue weighted by Gasteiger charge is -2.29. The molecule has 21 heavy (non-hydrogen) atoms. The first-order valence-corrected chi connectivity index (χ1v) is 8.84. The van der Waals surface area contributed by atoms with Crippen LogP contribution in [-0.4, -0.2) is 44.7 Å². The molecule has 0 saturated heterocycles. The second-order valence-electron chi connectivity index (χ2n) is 4.67. The number of carbonyl (C=O) groups is 1. The highest BCUT2D eigenvalue weighted by molar-refractivity contribution is 7.91. The number of thiazole rings is 1. The maximum Gasteiger partial charge on any atom is 0.358 e. The molecule has 120 valence electrons. The summed E-state index contributed by atoms with van der Waals surface area (Å²) >= 11 is 0.849. The van der Waals surface area contributed by atoms with E-state index in [2.05, 4.69) is 14.4 Å². The second kappa shape index (κ2) is 7.30. The molecule has 0 bridgehead atoms. The topological polar surface area (TPSA) is 106 Å². The molecule has 1 heterocycles. The number of carbonyl (C=O) groups excluding carboxylic acids is 1. The van der Waals surface area contributed by atoms with Crippen LogP contribution in [0, 0.1) is 5.41 Å². The summed E-state index contributed by atoms with van der Waals surface area (Å²) in [6.07, 6.45) is 1.27. The van der Waals surface area contributed by atoms with Crippen LogP contribution in [0.15, 0.2) is 9.72 Å². The van der Waals surface area contributed by atoms with Crippen molar-refractivity contribution < 1.29 is 23.1 Å². The zero-order valence-electron chi connectivity index (χ0n) is 12.2. The number of sulfonamides is 1. The van der Waals surface area contributed by atoms with E-state index in [1.54, 1.807) is 0 Å². The highest BCUT2D eigenvalue weighted by Gasteiger charge is 2.31. The number of methoxy groups -OCH3 is 1. The van der Waals surface area contributed by atoms with Crippen molar-refractivity contribution in [3.8, 4) is 0 Å². The van der Waals surface area contributed by atoms with Crippen molar-refractivity contribution in [2.75, 3.05) is 20.3 Å². The van der Waals surface area contributed by atoms with Gasteiger partial charge in [-0.05, 0) is 12.8 Å². The van der Waals surface area contributed by atoms with Gasteiger partial charge in [0.2, 0.25) is 0 Å². The first kappa shape index (κ1) is 18.0. The molecule has 2 N–H and O–H groups in total. The fraction of sp³-hybridized carbons (Fsp3) is 0.667. The van der Waals surface area contributed by atoms with Crippen molar-refractivity contribution in [1.29, 1.82) is 0 Å². The Morgan fingerprint density at radius 3 is 2.57 bits per heavy atom. The fourth-order valence-electron chi connectivity index (χ4n) is 1.75. The Morgan fingerprint density at radius 1 is 1.48 bits per heavy atom. The summed E-state index contributed by atoms with van der Waals surface area (Å²) < 4.78 is 31.4. The Balaban J connectivity index is 2.98. The number of hydrogen-bond donors (Lipinski definition) is 2. The lowest BCUT2D eigenvalue weighted by molar-refractivity contribution is 0.0590. The highest BCUT2D eigenvalue weighted by atomic mass is 32.2. The van der Waals surface area contributed by atoms with Gasteiger partial charge in [-0.25, -0.2) is 22.9 Å². The molecule has 1 aromatic rings. The Morgan fingerprint density at radius 2 is 2.10 bits per heavy atom. The van der Waals surface area contributed by atoms with Gasteiger partial charge in [0.05, 0.1) is 12.6 Å². The van der Waals surface area contributed by atoms with Gasteiger partial charge in [0.25, 0.3) is 10.0 Å². The summed E-state index contributed by atoms with van der Waals surface area (Å²) in [4.78, 5) is 15.2. The normalized spacial score (nSPS) is 12.4. The van der Waals surface area contributed by atoms with Crippen LogP contribution >= 0.6 is 11.3 Å². The Labute approximate surface area is 128 Å². The third-order valence-corrected chi connectivity index (χ3v) is 6.40. The van der Waals surface area contributed by atoms with Crippen LogP contribution in [0.25, 0.3) is 0 Å². The van der Waals surface area contributed by atoms with Gasteiger partial charge in [-0.15, -0.1) is 11.3 Å². The van der Waals surface area contributed by atoms with Crippen LogP contribution in [0.5, 0.6) is 0 Å². The molecule has 1 aromatic heterocycles. The highest BCUT2D eigenvalue weighted by Crippen LogP contribution is 2.26. The minimum absolute atomic E-state index is 0.0946. The molecule has 0 unspecified atom stereocenters. The maximum atomic E-state index is 12.3. The number of esters is 1. The SMILES string of the molecule is CCC(CC)(CO)CNS(=O)(=O)c1scnc1C(=O)OC. The summed E-state index contributed by atoms with van der Waals surface area (Å²) in [5.41, 5.74) is 0.542. The first-order valence-electron chi connectivity index (χ1n) is 6.48. The van der Waals surface area contributed by atoms with Crippen molar-refractivity contribution in [2.24, 2.45) is 5.41 Å². The molecule has 0 spiro atoms. The van der Waals surface area contributed by atoms with Crippen LogP contribution < -0.4 is 4.72 Å². The van der Waals surface area contributed by atoms with Crippen molar-refractivity contribution in [3.05, 3.63) is 11.2 Å². The van der Waals surface area contributed by atoms with Crippen molar-refractivity contribution in [1.82, 2.24) is 9.71 Å². The molecule has 0 aliphatic heterocycles. The van der Waals surface area contributed by atoms with E-state index >= 15 is 0 Å². The van der Waals surface area contributed by atoms with Gasteiger partial charge in [-0.3, -0.25) is 0 Å². The van der Waals surface area contributed by atoms with E-state index in [0.717, 1.165) is 18.4 Å². The van der Waals surface area contributed by atoms with E-state index in [1.807, 2.05) is 13.8 Å². The molecule has 0 aliphatic carbocycles. The number of rotatable bonds is 8. The van der Waals surface area contributed by atoms with E-state index in [1.165, 1.54) is 5.51 Å². The molecule has 7 nitrogen and oxygen atoms in total. The molecule has 0 radical (unpaired) electrons. The van der Waals surface area contributed by atoms with Crippen molar-refractivity contribution >= 4 is 27.3 Å². The van der Waals surface area contributed by atoms with Crippen molar-refractivity contribution in [3.63, 3.8) is 0 Å². The standard InChI is InChI=1S/C12H20N2O5S2/c1-4-12(5-2,7-15)6-14-21(17,18)11-9(10(16)19-3)13-8-20-11/h8,14-15H,4-7H2,1-3H3. The molecule has 1 rings (SSSR count). The number of aromatic nitrogens is 1. The van der Waals surface area contributed by atoms with Crippen LogP contribution in [0.1, 0.15) is 37.2 Å². The zero-order valence-corrected chi connectivity index (χ0v) is 13.9. The maximum absolute atomic E-state index is 12.3. The largest absolute Gasteiger partial charge is 0.464 e. The smallest absolute Gasteiger partial charge is 0.358 e. The lowest BCUT2D eigenvalue weighted by Crippen LogP contribution is -2.39. The van der Waals surface area contributed by atoms with Crippen LogP contribution in [0.2, 0.25) is 0 Å². The van der Waals surface area contributed by atoms with Gasteiger partial charge < -0.3 is 9.84 Å². The number of ether oxygens (including phenoxy) is 1. The van der Waals surface area contributed by atoms with Gasteiger partial charge in [-0.1, -0.05) is 13.8 Å². The molecule has 0 aliphatic rings. The van der Waals surface area contributed by atoms with Gasteiger partial charge in [-0.2, -0.15) is 0 Å². The monoisotopic (exact) mass is 336 g/mol. The average molecular weight is 336 g/mol. The van der Waals surface area contributed by atoms with E-state index < -0.39 is 21.4 Å². The summed E-state index contributed by atoms with van der Waals surface area (Å²) in [6.45, 7) is 3.76. The van der Waals surface area contributed by atoms with Gasteiger partial charge in [0.1, 0.15) is 0 Å². The van der Waals surface area contributed by atoms with Crippen LogP contribution in [-0.2, 0) is 14.8 Å². The molecule has 9 heteroatoms. The van der Waals surface area contributed by atoms with E-state index in [-0.39, 0.29) is 23.1 Å². The Bertz CT molecular complexity index is 570. The molecule has 0 fully saturated rings. The number of aliphatic hydroxyl groups excluding tert-OH is 1. The molecule has 0 atom stereocenters.